The van der Waals surface area contributed by atoms with E-state index in [9.17, 15) is 4.39 Å². The Bertz CT molecular complexity index is 1580. The molecular weight excluding hydrogens is 407 g/mol. The van der Waals surface area contributed by atoms with E-state index in [1.165, 1.54) is 33.8 Å². The number of nitrogens with zero attached hydrogens (tertiary/aromatic N) is 1. The monoisotopic (exact) mass is 430 g/mol. The number of rotatable bonds is 4. The van der Waals surface area contributed by atoms with E-state index in [0.29, 0.717) is 0 Å². The molecule has 2 aromatic heterocycles. The highest BCUT2D eigenvalue weighted by Gasteiger charge is 2.28. The Kier molecular flexibility index (Phi) is 4.62. The van der Waals surface area contributed by atoms with Gasteiger partial charge in [0.25, 0.3) is 0 Å². The van der Waals surface area contributed by atoms with Crippen molar-refractivity contribution in [2.45, 2.75) is 5.92 Å². The maximum Gasteiger partial charge on any atom is 0.123 e. The van der Waals surface area contributed by atoms with E-state index in [-0.39, 0.29) is 11.7 Å². The molecule has 1 atom stereocenters. The lowest BCUT2D eigenvalue weighted by Crippen LogP contribution is -2.05. The minimum atomic E-state index is -0.226. The summed E-state index contributed by atoms with van der Waals surface area (Å²) in [7, 11) is 2.13. The van der Waals surface area contributed by atoms with Crippen LogP contribution in [-0.4, -0.2) is 9.55 Å². The Hall–Kier alpha value is -4.11. The van der Waals surface area contributed by atoms with Crippen molar-refractivity contribution in [3.63, 3.8) is 0 Å². The van der Waals surface area contributed by atoms with Crippen molar-refractivity contribution in [1.82, 2.24) is 9.55 Å². The number of hydrogen-bond donors (Lipinski definition) is 1. The minimum Gasteiger partial charge on any atom is -0.361 e. The van der Waals surface area contributed by atoms with Crippen LogP contribution in [-0.2, 0) is 7.05 Å². The maximum atomic E-state index is 14.3. The Balaban J connectivity index is 1.75. The van der Waals surface area contributed by atoms with Crippen LogP contribution in [0.1, 0.15) is 22.6 Å². The smallest absolute Gasteiger partial charge is 0.123 e. The lowest BCUT2D eigenvalue weighted by atomic mass is 9.82. The zero-order valence-electron chi connectivity index (χ0n) is 18.3. The summed E-state index contributed by atoms with van der Waals surface area (Å²) in [5.74, 6) is -0.292. The highest BCUT2D eigenvalue weighted by molar-refractivity contribution is 5.95. The first-order chi connectivity index (χ1) is 16.2. The third-order valence-corrected chi connectivity index (χ3v) is 6.60. The molecule has 2 nitrogen and oxygen atoms in total. The molecule has 0 aliphatic rings. The Morgan fingerprint density at radius 2 is 1.45 bits per heavy atom. The van der Waals surface area contributed by atoms with Crippen molar-refractivity contribution in [2.75, 3.05) is 0 Å². The number of nitrogens with one attached hydrogen (secondary N) is 1. The highest BCUT2D eigenvalue weighted by atomic mass is 19.1. The predicted molar refractivity (Wildman–Crippen MR) is 134 cm³/mol. The van der Waals surface area contributed by atoms with Gasteiger partial charge in [-0.05, 0) is 46.5 Å². The lowest BCUT2D eigenvalue weighted by Gasteiger charge is -2.20. The molecule has 0 aliphatic heterocycles. The van der Waals surface area contributed by atoms with Gasteiger partial charge in [0.15, 0.2) is 0 Å². The van der Waals surface area contributed by atoms with Crippen LogP contribution < -0.4 is 0 Å². The van der Waals surface area contributed by atoms with Crippen molar-refractivity contribution < 1.29 is 4.39 Å². The summed E-state index contributed by atoms with van der Waals surface area (Å²) in [6.07, 6.45) is 2.04. The summed E-state index contributed by atoms with van der Waals surface area (Å²) >= 11 is 0. The Labute approximate surface area is 191 Å². The number of aromatic nitrogens is 2. The molecular formula is C30H23FN2. The van der Waals surface area contributed by atoms with Crippen molar-refractivity contribution >= 4 is 21.8 Å². The Morgan fingerprint density at radius 1 is 0.758 bits per heavy atom. The van der Waals surface area contributed by atoms with E-state index in [1.54, 1.807) is 6.07 Å². The number of halogens is 1. The van der Waals surface area contributed by atoms with E-state index < -0.39 is 0 Å². The molecule has 6 rings (SSSR count). The van der Waals surface area contributed by atoms with Crippen LogP contribution in [0, 0.1) is 5.82 Å². The van der Waals surface area contributed by atoms with Crippen LogP contribution in [0.4, 0.5) is 4.39 Å². The van der Waals surface area contributed by atoms with Gasteiger partial charge in [0.1, 0.15) is 5.82 Å². The quantitative estimate of drug-likeness (QED) is 0.297. The van der Waals surface area contributed by atoms with Crippen LogP contribution in [0.15, 0.2) is 109 Å². The highest BCUT2D eigenvalue weighted by Crippen LogP contribution is 2.45. The zero-order valence-corrected chi connectivity index (χ0v) is 18.3. The Morgan fingerprint density at radius 3 is 2.24 bits per heavy atom. The summed E-state index contributed by atoms with van der Waals surface area (Å²) in [5, 5.41) is 2.12. The number of aromatic amines is 1. The number of benzene rings is 4. The number of H-pyrrole nitrogens is 1. The SMILES string of the molecule is Cn1c(-c2ccccc2)c(C(c2ccccc2)c2c[nH]c3ccc(F)cc23)c2ccccc21. The molecule has 1 N–H and O–H groups in total. The topological polar surface area (TPSA) is 20.7 Å². The first-order valence-corrected chi connectivity index (χ1v) is 11.2. The molecule has 160 valence electrons. The average Bonchev–Trinajstić information content (AvgIpc) is 3.40. The van der Waals surface area contributed by atoms with Crippen LogP contribution in [0.3, 0.4) is 0 Å². The molecule has 0 radical (unpaired) electrons. The van der Waals surface area contributed by atoms with Gasteiger partial charge in [-0.15, -0.1) is 0 Å². The lowest BCUT2D eigenvalue weighted by molar-refractivity contribution is 0.629. The second-order valence-electron chi connectivity index (χ2n) is 8.48. The minimum absolute atomic E-state index is 0.0666. The second kappa shape index (κ2) is 7.79. The van der Waals surface area contributed by atoms with Crippen LogP contribution in [0.25, 0.3) is 33.1 Å². The fourth-order valence-corrected chi connectivity index (χ4v) is 5.16. The number of hydrogen-bond acceptors (Lipinski definition) is 0. The number of aryl methyl sites for hydroxylation is 1. The van der Waals surface area contributed by atoms with E-state index in [1.807, 2.05) is 24.4 Å². The van der Waals surface area contributed by atoms with Gasteiger partial charge in [0, 0.05) is 41.0 Å². The van der Waals surface area contributed by atoms with Gasteiger partial charge in [-0.2, -0.15) is 0 Å². The number of fused-ring (bicyclic) bond motifs is 2. The number of para-hydroxylation sites is 1. The van der Waals surface area contributed by atoms with Crippen LogP contribution in [0.2, 0.25) is 0 Å². The summed E-state index contributed by atoms with van der Waals surface area (Å²) in [6.45, 7) is 0. The summed E-state index contributed by atoms with van der Waals surface area (Å²) in [4.78, 5) is 3.38. The van der Waals surface area contributed by atoms with Gasteiger partial charge in [-0.25, -0.2) is 4.39 Å². The molecule has 0 bridgehead atoms. The van der Waals surface area contributed by atoms with Gasteiger partial charge in [0.05, 0.1) is 5.69 Å². The first kappa shape index (κ1) is 19.6. The van der Waals surface area contributed by atoms with E-state index in [4.69, 9.17) is 0 Å². The van der Waals surface area contributed by atoms with Crippen molar-refractivity contribution in [3.8, 4) is 11.3 Å². The normalized spacial score (nSPS) is 12.4. The molecule has 0 saturated heterocycles. The molecule has 3 heteroatoms. The molecule has 6 aromatic rings. The second-order valence-corrected chi connectivity index (χ2v) is 8.48. The average molecular weight is 431 g/mol. The standard InChI is InChI=1S/C30H23FN2/c1-33-27-15-9-8-14-23(27)29(30(33)21-12-6-3-7-13-21)28(20-10-4-2-5-11-20)25-19-32-26-17-16-22(31)18-24(25)26/h2-19,28,32H,1H3. The molecule has 4 aromatic carbocycles. The summed E-state index contributed by atoms with van der Waals surface area (Å²) < 4.78 is 16.6. The van der Waals surface area contributed by atoms with Crippen molar-refractivity contribution in [2.24, 2.45) is 7.05 Å². The van der Waals surface area contributed by atoms with E-state index in [2.05, 4.69) is 89.4 Å². The third kappa shape index (κ3) is 3.16. The van der Waals surface area contributed by atoms with Gasteiger partial charge in [0.2, 0.25) is 0 Å². The van der Waals surface area contributed by atoms with Crippen molar-refractivity contribution in [1.29, 1.82) is 0 Å². The van der Waals surface area contributed by atoms with Gasteiger partial charge in [-0.1, -0.05) is 78.9 Å². The molecule has 0 amide bonds. The molecule has 0 spiro atoms. The van der Waals surface area contributed by atoms with E-state index >= 15 is 0 Å². The maximum absolute atomic E-state index is 14.3. The fourth-order valence-electron chi connectivity index (χ4n) is 5.16. The molecule has 0 fully saturated rings. The predicted octanol–water partition coefficient (Wildman–Crippen LogP) is 7.65. The molecule has 0 saturated carbocycles. The fraction of sp³-hybridized carbons (Fsp3) is 0.0667. The van der Waals surface area contributed by atoms with Gasteiger partial charge >= 0.3 is 0 Å². The zero-order chi connectivity index (χ0) is 22.4. The summed E-state index contributed by atoms with van der Waals surface area (Å²) in [6, 6.07) is 34.6. The van der Waals surface area contributed by atoms with E-state index in [0.717, 1.165) is 22.0 Å². The van der Waals surface area contributed by atoms with Gasteiger partial charge < -0.3 is 9.55 Å². The van der Waals surface area contributed by atoms with Crippen LogP contribution in [0.5, 0.6) is 0 Å². The van der Waals surface area contributed by atoms with Crippen molar-refractivity contribution in [3.05, 3.63) is 132 Å². The third-order valence-electron chi connectivity index (χ3n) is 6.60. The summed E-state index contributed by atoms with van der Waals surface area (Å²) in [5.41, 5.74) is 7.94. The molecule has 33 heavy (non-hydrogen) atoms. The molecule has 0 aliphatic carbocycles. The largest absolute Gasteiger partial charge is 0.361 e. The first-order valence-electron chi connectivity index (χ1n) is 11.2. The molecule has 2 heterocycles. The van der Waals surface area contributed by atoms with Gasteiger partial charge in [-0.3, -0.25) is 0 Å². The molecule has 1 unspecified atom stereocenters. The van der Waals surface area contributed by atoms with Crippen LogP contribution >= 0.6 is 0 Å².